The van der Waals surface area contributed by atoms with E-state index in [1.807, 2.05) is 82.3 Å². The van der Waals surface area contributed by atoms with Gasteiger partial charge >= 0.3 is 13.2 Å². The number of alkyl carbamates (subject to hydrolysis) is 1. The van der Waals surface area contributed by atoms with Crippen molar-refractivity contribution in [1.29, 1.82) is 0 Å². The summed E-state index contributed by atoms with van der Waals surface area (Å²) in [4.78, 5) is 16.9. The van der Waals surface area contributed by atoms with Gasteiger partial charge in [0.15, 0.2) is 0 Å². The molecule has 39 heavy (non-hydrogen) atoms. The molecule has 3 aromatic rings. The quantitative estimate of drug-likeness (QED) is 0.200. The highest BCUT2D eigenvalue weighted by atomic mass is 32.1. The number of isothiocyanates is 1. The molecule has 0 spiro atoms. The second-order valence-corrected chi connectivity index (χ2v) is 11.0. The number of carbonyl (C=O) groups is 1. The van der Waals surface area contributed by atoms with Crippen molar-refractivity contribution < 1.29 is 18.8 Å². The van der Waals surface area contributed by atoms with Gasteiger partial charge in [0.2, 0.25) is 0 Å². The van der Waals surface area contributed by atoms with Crippen molar-refractivity contribution in [3.05, 3.63) is 95.0 Å². The third kappa shape index (κ3) is 5.61. The first kappa shape index (κ1) is 27.0. The Balaban J connectivity index is 1.30. The molecular weight excluding hydrogens is 507 g/mol. The second kappa shape index (κ2) is 10.9. The lowest BCUT2D eigenvalue weighted by atomic mass is 9.77. The van der Waals surface area contributed by atoms with Crippen LogP contribution >= 0.6 is 12.2 Å². The Morgan fingerprint density at radius 3 is 2.10 bits per heavy atom. The van der Waals surface area contributed by atoms with Crippen molar-refractivity contribution in [3.8, 4) is 11.1 Å². The predicted octanol–water partition coefficient (Wildman–Crippen LogP) is 6.97. The van der Waals surface area contributed by atoms with Gasteiger partial charge in [0.1, 0.15) is 6.61 Å². The van der Waals surface area contributed by atoms with Crippen molar-refractivity contribution >= 4 is 42.4 Å². The summed E-state index contributed by atoms with van der Waals surface area (Å²) in [6, 6.07) is 24.1. The molecule has 1 aliphatic heterocycles. The number of rotatable bonds is 7. The first-order chi connectivity index (χ1) is 18.7. The number of ether oxygens (including phenoxy) is 1. The molecule has 5 rings (SSSR count). The summed E-state index contributed by atoms with van der Waals surface area (Å²) >= 11 is 4.69. The van der Waals surface area contributed by atoms with Gasteiger partial charge in [-0.15, -0.1) is 0 Å². The van der Waals surface area contributed by atoms with Gasteiger partial charge in [0, 0.05) is 12.5 Å². The van der Waals surface area contributed by atoms with Crippen molar-refractivity contribution in [2.24, 2.45) is 4.99 Å². The zero-order valence-electron chi connectivity index (χ0n) is 22.6. The van der Waals surface area contributed by atoms with E-state index in [2.05, 4.69) is 39.7 Å². The number of hydrogen-bond donors (Lipinski definition) is 1. The van der Waals surface area contributed by atoms with Gasteiger partial charge in [-0.25, -0.2) is 4.79 Å². The summed E-state index contributed by atoms with van der Waals surface area (Å²) in [5, 5.41) is 5.28. The molecule has 1 N–H and O–H groups in total. The smallest absolute Gasteiger partial charge is 0.449 e. The average molecular weight is 538 g/mol. The van der Waals surface area contributed by atoms with E-state index in [0.29, 0.717) is 0 Å². The summed E-state index contributed by atoms with van der Waals surface area (Å²) in [7, 11) is -0.623. The van der Waals surface area contributed by atoms with E-state index in [-0.39, 0.29) is 19.1 Å². The zero-order chi connectivity index (χ0) is 27.6. The maximum absolute atomic E-state index is 12.9. The van der Waals surface area contributed by atoms with Gasteiger partial charge in [0.25, 0.3) is 0 Å². The molecule has 8 heteroatoms. The van der Waals surface area contributed by atoms with Gasteiger partial charge < -0.3 is 19.4 Å². The van der Waals surface area contributed by atoms with Crippen LogP contribution in [0.1, 0.15) is 50.3 Å². The fourth-order valence-corrected chi connectivity index (χ4v) is 5.04. The molecule has 1 aliphatic carbocycles. The Kier molecular flexibility index (Phi) is 7.56. The Labute approximate surface area is 235 Å². The van der Waals surface area contributed by atoms with Crippen molar-refractivity contribution in [1.82, 2.24) is 5.32 Å². The highest BCUT2D eigenvalue weighted by molar-refractivity contribution is 7.78. The van der Waals surface area contributed by atoms with Crippen LogP contribution in [0.3, 0.4) is 0 Å². The molecule has 1 heterocycles. The van der Waals surface area contributed by atoms with Crippen LogP contribution in [0.15, 0.2) is 83.3 Å². The number of carbonyl (C=O) groups excluding carboxylic acids is 1. The molecule has 0 atom stereocenters. The summed E-state index contributed by atoms with van der Waals surface area (Å²) in [6.45, 7) is 8.46. The third-order valence-corrected chi connectivity index (χ3v) is 7.85. The van der Waals surface area contributed by atoms with E-state index in [0.717, 1.165) is 16.7 Å². The van der Waals surface area contributed by atoms with E-state index in [1.54, 1.807) is 0 Å². The summed E-state index contributed by atoms with van der Waals surface area (Å²) in [5.41, 5.74) is 6.10. The van der Waals surface area contributed by atoms with Gasteiger partial charge in [-0.05, 0) is 85.3 Å². The number of amides is 1. The molecule has 1 saturated heterocycles. The molecule has 6 nitrogen and oxygen atoms in total. The predicted molar refractivity (Wildman–Crippen MR) is 158 cm³/mol. The summed E-state index contributed by atoms with van der Waals surface area (Å²) in [5.74, 6) is -0.00482. The topological polar surface area (TPSA) is 69.2 Å². The number of thiocarbonyl (C=S) groups is 1. The summed E-state index contributed by atoms with van der Waals surface area (Å²) < 4.78 is 18.3. The van der Waals surface area contributed by atoms with Crippen LogP contribution < -0.4 is 5.32 Å². The summed E-state index contributed by atoms with van der Waals surface area (Å²) in [6.07, 6.45) is 1.46. The maximum atomic E-state index is 12.9. The first-order valence-electron chi connectivity index (χ1n) is 13.0. The van der Waals surface area contributed by atoms with Crippen LogP contribution in [-0.4, -0.2) is 42.7 Å². The lowest BCUT2D eigenvalue weighted by molar-refractivity contribution is 0.00578. The number of aliphatic imine (C=N–C) groups is 1. The van der Waals surface area contributed by atoms with Crippen molar-refractivity contribution in [2.75, 3.05) is 13.2 Å². The van der Waals surface area contributed by atoms with Gasteiger partial charge in [-0.3, -0.25) is 0 Å². The number of hydrogen-bond acceptors (Lipinski definition) is 6. The highest BCUT2D eigenvalue weighted by Gasteiger charge is 2.52. The average Bonchev–Trinajstić information content (AvgIpc) is 3.35. The monoisotopic (exact) mass is 538 g/mol. The molecule has 0 aromatic heterocycles. The Morgan fingerprint density at radius 2 is 1.54 bits per heavy atom. The molecule has 0 unspecified atom stereocenters. The highest BCUT2D eigenvalue weighted by Crippen LogP contribution is 2.44. The lowest BCUT2D eigenvalue weighted by Gasteiger charge is -2.32. The third-order valence-electron chi connectivity index (χ3n) is 7.76. The molecule has 2 aliphatic rings. The van der Waals surface area contributed by atoms with Gasteiger partial charge in [0.05, 0.1) is 22.1 Å². The van der Waals surface area contributed by atoms with Crippen LogP contribution in [0.25, 0.3) is 17.2 Å². The van der Waals surface area contributed by atoms with E-state index in [9.17, 15) is 4.79 Å². The second-order valence-electron chi connectivity index (χ2n) is 10.8. The normalized spacial score (nSPS) is 17.2. The largest absolute Gasteiger partial charge is 0.492 e. The van der Waals surface area contributed by atoms with Crippen LogP contribution in [0.4, 0.5) is 10.5 Å². The Bertz CT molecular complexity index is 1400. The molecule has 198 valence electrons. The SMILES string of the molecule is CC1(C)OB(C(=Cc2ccc(N=C=S)cc2)CNC(=O)OCC2c3ccccc3-c3ccccc32)OC1(C)C. The number of benzene rings is 3. The minimum atomic E-state index is -0.623. The van der Waals surface area contributed by atoms with Crippen molar-refractivity contribution in [2.45, 2.75) is 44.8 Å². The molecule has 0 saturated carbocycles. The maximum Gasteiger partial charge on any atom is 0.492 e. The number of nitrogens with one attached hydrogen (secondary N) is 1. The fraction of sp³-hybridized carbons (Fsp3) is 0.290. The first-order valence-corrected chi connectivity index (χ1v) is 13.4. The number of fused-ring (bicyclic) bond motifs is 3. The molecule has 0 radical (unpaired) electrons. The standard InChI is InChI=1S/C31H31BN2O4S/c1-30(2)31(3,4)38-32(37-30)22(17-21-13-15-23(16-14-21)34-20-39)18-33-29(35)36-19-28-26-11-7-5-9-24(26)25-10-6-8-12-27(25)28/h5-17,28H,18-19H2,1-4H3,(H,33,35). The van der Waals surface area contributed by atoms with E-state index in [4.69, 9.17) is 26.3 Å². The van der Waals surface area contributed by atoms with E-state index >= 15 is 0 Å². The van der Waals surface area contributed by atoms with E-state index < -0.39 is 24.4 Å². The minimum Gasteiger partial charge on any atom is -0.449 e. The van der Waals surface area contributed by atoms with Crippen LogP contribution in [0.2, 0.25) is 0 Å². The zero-order valence-corrected chi connectivity index (χ0v) is 23.4. The fourth-order valence-electron chi connectivity index (χ4n) is 4.93. The van der Waals surface area contributed by atoms with Crippen LogP contribution in [0.5, 0.6) is 0 Å². The molecule has 1 fully saturated rings. The van der Waals surface area contributed by atoms with Crippen LogP contribution in [0, 0.1) is 0 Å². The molecule has 3 aromatic carbocycles. The Morgan fingerprint density at radius 1 is 0.974 bits per heavy atom. The Hall–Kier alpha value is -3.55. The molecule has 1 amide bonds. The van der Waals surface area contributed by atoms with E-state index in [1.165, 1.54) is 22.3 Å². The van der Waals surface area contributed by atoms with Gasteiger partial charge in [-0.1, -0.05) is 66.7 Å². The van der Waals surface area contributed by atoms with Crippen LogP contribution in [-0.2, 0) is 14.0 Å². The van der Waals surface area contributed by atoms with Crippen molar-refractivity contribution in [3.63, 3.8) is 0 Å². The van der Waals surface area contributed by atoms with Gasteiger partial charge in [-0.2, -0.15) is 4.99 Å². The molecular formula is C31H31BN2O4S. The number of nitrogens with zero attached hydrogens (tertiary/aromatic N) is 1. The minimum absolute atomic E-state index is 0.00482. The molecule has 0 bridgehead atoms. The lowest BCUT2D eigenvalue weighted by Crippen LogP contribution is -2.41.